The van der Waals surface area contributed by atoms with Crippen LogP contribution in [0.3, 0.4) is 0 Å². The van der Waals surface area contributed by atoms with Crippen LogP contribution in [0.1, 0.15) is 26.7 Å². The number of imidazole rings is 1. The first-order chi connectivity index (χ1) is 18.2. The van der Waals surface area contributed by atoms with Crippen molar-refractivity contribution in [1.82, 2.24) is 33.8 Å². The normalized spacial score (nSPS) is 23.3. The second kappa shape index (κ2) is 9.58. The van der Waals surface area contributed by atoms with Crippen LogP contribution in [-0.4, -0.2) is 99.9 Å². The predicted molar refractivity (Wildman–Crippen MR) is 144 cm³/mol. The highest BCUT2D eigenvalue weighted by atomic mass is 32.2. The fourth-order valence-electron chi connectivity index (χ4n) is 5.65. The number of ether oxygens (including phenoxy) is 1. The Labute approximate surface area is 222 Å². The van der Waals surface area contributed by atoms with Gasteiger partial charge in [0.05, 0.1) is 25.0 Å². The van der Waals surface area contributed by atoms with Crippen LogP contribution in [0.4, 0.5) is 17.7 Å². The molecule has 0 unspecified atom stereocenters. The minimum absolute atomic E-state index is 0.185. The molecule has 3 aliphatic rings. The Kier molecular flexibility index (Phi) is 6.35. The van der Waals surface area contributed by atoms with Gasteiger partial charge < -0.3 is 20.3 Å². The Hall–Kier alpha value is -3.10. The standard InChI is InChI=1S/C24H34N10O3S/c1-15-12-32(13-16(2)34(15)38(3,35)36)24-28-19-21(31-6-8-37-9-7-31)29-20(18-10-26-23(25)27-11-18)30-22(19)33(24)14-17-4-5-17/h10-11,15-17H,4-9,12-14H2,1-3H3,(H2,25,26,27)/t15-,16+. The van der Waals surface area contributed by atoms with E-state index in [4.69, 9.17) is 25.4 Å². The third-order valence-electron chi connectivity index (χ3n) is 7.44. The minimum Gasteiger partial charge on any atom is -0.378 e. The summed E-state index contributed by atoms with van der Waals surface area (Å²) in [6, 6.07) is -0.370. The maximum absolute atomic E-state index is 12.5. The molecule has 2 atom stereocenters. The zero-order valence-electron chi connectivity index (χ0n) is 22.0. The van der Waals surface area contributed by atoms with Gasteiger partial charge in [-0.1, -0.05) is 0 Å². The average Bonchev–Trinajstić information content (AvgIpc) is 3.62. The van der Waals surface area contributed by atoms with Gasteiger partial charge in [0.25, 0.3) is 0 Å². The summed E-state index contributed by atoms with van der Waals surface area (Å²) in [4.78, 5) is 27.8. The molecule has 1 aliphatic carbocycles. The smallest absolute Gasteiger partial charge is 0.219 e. The molecule has 0 radical (unpaired) electrons. The van der Waals surface area contributed by atoms with E-state index in [9.17, 15) is 8.42 Å². The van der Waals surface area contributed by atoms with Crippen molar-refractivity contribution in [3.63, 3.8) is 0 Å². The van der Waals surface area contributed by atoms with Crippen LogP contribution >= 0.6 is 0 Å². The van der Waals surface area contributed by atoms with Gasteiger partial charge in [0, 0.05) is 57.2 Å². The summed E-state index contributed by atoms with van der Waals surface area (Å²) in [5.41, 5.74) is 7.92. The Balaban J connectivity index is 1.49. The molecule has 0 bridgehead atoms. The second-order valence-corrected chi connectivity index (χ2v) is 12.5. The quantitative estimate of drug-likeness (QED) is 0.475. The van der Waals surface area contributed by atoms with E-state index in [1.54, 1.807) is 16.7 Å². The van der Waals surface area contributed by atoms with Crippen LogP contribution in [0, 0.1) is 5.92 Å². The maximum Gasteiger partial charge on any atom is 0.219 e. The number of anilines is 3. The summed E-state index contributed by atoms with van der Waals surface area (Å²) in [5, 5.41) is 0. The van der Waals surface area contributed by atoms with Crippen molar-refractivity contribution in [2.75, 3.05) is 61.2 Å². The summed E-state index contributed by atoms with van der Waals surface area (Å²) in [7, 11) is -3.32. The van der Waals surface area contributed by atoms with Crippen molar-refractivity contribution in [2.24, 2.45) is 5.92 Å². The number of hydrogen-bond acceptors (Lipinski definition) is 11. The summed E-state index contributed by atoms with van der Waals surface area (Å²) in [6.07, 6.45) is 6.91. The molecule has 2 saturated heterocycles. The third-order valence-corrected chi connectivity index (χ3v) is 8.92. The molecule has 2 N–H and O–H groups in total. The molecule has 3 aromatic rings. The maximum atomic E-state index is 12.5. The Morgan fingerprint density at radius 3 is 2.26 bits per heavy atom. The van der Waals surface area contributed by atoms with Crippen LogP contribution in [-0.2, 0) is 21.3 Å². The van der Waals surface area contributed by atoms with E-state index in [1.165, 1.54) is 19.1 Å². The number of fused-ring (bicyclic) bond motifs is 1. The lowest BCUT2D eigenvalue weighted by Crippen LogP contribution is -2.58. The van der Waals surface area contributed by atoms with Crippen LogP contribution in [0.5, 0.6) is 0 Å². The molecular weight excluding hydrogens is 508 g/mol. The monoisotopic (exact) mass is 542 g/mol. The van der Waals surface area contributed by atoms with Crippen LogP contribution in [0.25, 0.3) is 22.6 Å². The van der Waals surface area contributed by atoms with E-state index >= 15 is 0 Å². The number of rotatable bonds is 6. The lowest BCUT2D eigenvalue weighted by molar-refractivity contribution is 0.122. The molecule has 5 heterocycles. The number of piperazine rings is 1. The molecule has 3 aromatic heterocycles. The molecule has 0 spiro atoms. The fourth-order valence-corrected chi connectivity index (χ4v) is 7.09. The first-order valence-corrected chi connectivity index (χ1v) is 15.0. The number of nitrogens with zero attached hydrogens (tertiary/aromatic N) is 9. The van der Waals surface area contributed by atoms with Gasteiger partial charge in [0.1, 0.15) is 0 Å². The second-order valence-electron chi connectivity index (χ2n) is 10.6. The summed E-state index contributed by atoms with van der Waals surface area (Å²) < 4.78 is 34.3. The Morgan fingerprint density at radius 1 is 1.00 bits per heavy atom. The first kappa shape index (κ1) is 25.2. The number of nitrogens with two attached hydrogens (primary N) is 1. The van der Waals surface area contributed by atoms with Crippen LogP contribution in [0.15, 0.2) is 12.4 Å². The van der Waals surface area contributed by atoms with E-state index in [1.807, 2.05) is 13.8 Å². The highest BCUT2D eigenvalue weighted by Gasteiger charge is 2.38. The highest BCUT2D eigenvalue weighted by Crippen LogP contribution is 2.37. The van der Waals surface area contributed by atoms with Gasteiger partial charge in [-0.15, -0.1) is 0 Å². The molecule has 38 heavy (non-hydrogen) atoms. The highest BCUT2D eigenvalue weighted by molar-refractivity contribution is 7.88. The number of nitrogen functional groups attached to an aromatic ring is 1. The Bertz CT molecular complexity index is 1420. The largest absolute Gasteiger partial charge is 0.378 e. The van der Waals surface area contributed by atoms with Gasteiger partial charge in [-0.2, -0.15) is 4.31 Å². The molecule has 1 saturated carbocycles. The zero-order chi connectivity index (χ0) is 26.6. The van der Waals surface area contributed by atoms with Gasteiger partial charge in [0.15, 0.2) is 22.8 Å². The van der Waals surface area contributed by atoms with E-state index in [2.05, 4.69) is 24.3 Å². The number of hydrogen-bond donors (Lipinski definition) is 1. The van der Waals surface area contributed by atoms with Crippen molar-refractivity contribution in [1.29, 1.82) is 0 Å². The number of sulfonamides is 1. The van der Waals surface area contributed by atoms with E-state index < -0.39 is 10.0 Å². The van der Waals surface area contributed by atoms with Crippen molar-refractivity contribution in [2.45, 2.75) is 45.3 Å². The third kappa shape index (κ3) is 4.76. The van der Waals surface area contributed by atoms with Crippen LogP contribution < -0.4 is 15.5 Å². The number of morpholine rings is 1. The van der Waals surface area contributed by atoms with Crippen molar-refractivity contribution in [3.8, 4) is 11.4 Å². The predicted octanol–water partition coefficient (Wildman–Crippen LogP) is 0.971. The molecule has 0 aromatic carbocycles. The molecule has 6 rings (SSSR count). The van der Waals surface area contributed by atoms with Crippen molar-refractivity contribution < 1.29 is 13.2 Å². The van der Waals surface area contributed by atoms with Crippen molar-refractivity contribution >= 4 is 38.9 Å². The SMILES string of the molecule is C[C@@H]1CN(c2nc3c(N4CCOCC4)nc(-c4cnc(N)nc4)nc3n2CC2CC2)C[C@H](C)N1S(C)(=O)=O. The van der Waals surface area contributed by atoms with E-state index in [-0.39, 0.29) is 18.0 Å². The lowest BCUT2D eigenvalue weighted by Gasteiger charge is -2.43. The van der Waals surface area contributed by atoms with Gasteiger partial charge in [-0.25, -0.2) is 33.3 Å². The summed E-state index contributed by atoms with van der Waals surface area (Å²) in [6.45, 7) is 8.44. The van der Waals surface area contributed by atoms with Gasteiger partial charge >= 0.3 is 0 Å². The summed E-state index contributed by atoms with van der Waals surface area (Å²) in [5.74, 6) is 2.86. The lowest BCUT2D eigenvalue weighted by atomic mass is 10.1. The van der Waals surface area contributed by atoms with Crippen LogP contribution in [0.2, 0.25) is 0 Å². The fraction of sp³-hybridized carbons (Fsp3) is 0.625. The molecular formula is C24H34N10O3S. The molecule has 0 amide bonds. The summed E-state index contributed by atoms with van der Waals surface area (Å²) >= 11 is 0. The molecule has 2 aliphatic heterocycles. The minimum atomic E-state index is -3.32. The molecule has 204 valence electrons. The van der Waals surface area contributed by atoms with Gasteiger partial charge in [0.2, 0.25) is 21.9 Å². The molecule has 13 nitrogen and oxygen atoms in total. The zero-order valence-corrected chi connectivity index (χ0v) is 22.8. The number of aromatic nitrogens is 6. The van der Waals surface area contributed by atoms with E-state index in [0.29, 0.717) is 56.7 Å². The van der Waals surface area contributed by atoms with Crippen molar-refractivity contribution in [3.05, 3.63) is 12.4 Å². The topological polar surface area (TPSA) is 148 Å². The first-order valence-electron chi connectivity index (χ1n) is 13.1. The van der Waals surface area contributed by atoms with Gasteiger partial charge in [-0.3, -0.25) is 4.57 Å². The van der Waals surface area contributed by atoms with Gasteiger partial charge in [-0.05, 0) is 32.6 Å². The molecule has 14 heteroatoms. The Morgan fingerprint density at radius 2 is 1.66 bits per heavy atom. The molecule has 3 fully saturated rings. The average molecular weight is 543 g/mol. The van der Waals surface area contributed by atoms with E-state index in [0.717, 1.165) is 29.5 Å².